The van der Waals surface area contributed by atoms with Gasteiger partial charge in [-0.15, -0.1) is 0 Å². The molecular weight excluding hydrogens is 200 g/mol. The van der Waals surface area contributed by atoms with Gasteiger partial charge in [0.15, 0.2) is 0 Å². The first-order valence-corrected chi connectivity index (χ1v) is 5.45. The normalized spacial score (nSPS) is 11.2. The molecule has 1 aromatic rings. The summed E-state index contributed by atoms with van der Waals surface area (Å²) in [7, 11) is 1.43. The second-order valence-electron chi connectivity index (χ2n) is 4.62. The van der Waals surface area contributed by atoms with Crippen molar-refractivity contribution in [2.75, 3.05) is 7.11 Å². The summed E-state index contributed by atoms with van der Waals surface area (Å²) in [4.78, 5) is 11.5. The van der Waals surface area contributed by atoms with E-state index in [4.69, 9.17) is 4.74 Å². The number of ether oxygens (including phenoxy) is 1. The first kappa shape index (κ1) is 12.8. The molecule has 1 radical (unpaired) electrons. The van der Waals surface area contributed by atoms with E-state index in [1.165, 1.54) is 12.7 Å². The summed E-state index contributed by atoms with van der Waals surface area (Å²) in [5.41, 5.74) is 1.88. The van der Waals surface area contributed by atoms with Crippen LogP contribution < -0.4 is 0 Å². The Morgan fingerprint density at radius 3 is 2.19 bits per heavy atom. The quantitative estimate of drug-likeness (QED) is 0.728. The van der Waals surface area contributed by atoms with Crippen molar-refractivity contribution in [3.8, 4) is 0 Å². The van der Waals surface area contributed by atoms with E-state index < -0.39 is 5.41 Å². The highest BCUT2D eigenvalue weighted by atomic mass is 16.5. The Bertz CT molecular complexity index is 350. The van der Waals surface area contributed by atoms with E-state index in [0.29, 0.717) is 6.42 Å². The van der Waals surface area contributed by atoms with Crippen LogP contribution in [0.1, 0.15) is 25.0 Å². The molecule has 0 atom stereocenters. The molecule has 2 nitrogen and oxygen atoms in total. The summed E-state index contributed by atoms with van der Waals surface area (Å²) in [6.45, 7) is 7.62. The van der Waals surface area contributed by atoms with Gasteiger partial charge in [0.2, 0.25) is 0 Å². The van der Waals surface area contributed by atoms with Gasteiger partial charge in [-0.2, -0.15) is 0 Å². The zero-order valence-corrected chi connectivity index (χ0v) is 10.2. The van der Waals surface area contributed by atoms with Gasteiger partial charge in [0.1, 0.15) is 0 Å². The predicted molar refractivity (Wildman–Crippen MR) is 65.0 cm³/mol. The molecular formula is C14H19O2. The fraction of sp³-hybridized carbons (Fsp3) is 0.429. The molecule has 0 amide bonds. The van der Waals surface area contributed by atoms with Crippen LogP contribution in [-0.4, -0.2) is 13.1 Å². The van der Waals surface area contributed by atoms with Gasteiger partial charge in [0, 0.05) is 0 Å². The second-order valence-corrected chi connectivity index (χ2v) is 4.62. The molecule has 0 N–H and O–H groups in total. The number of hydrogen-bond acceptors (Lipinski definition) is 2. The minimum absolute atomic E-state index is 0.172. The molecule has 1 aromatic carbocycles. The fourth-order valence-electron chi connectivity index (χ4n) is 1.68. The highest BCUT2D eigenvalue weighted by Crippen LogP contribution is 2.23. The van der Waals surface area contributed by atoms with Crippen LogP contribution in [-0.2, 0) is 22.4 Å². The number of hydrogen-bond donors (Lipinski definition) is 0. The van der Waals surface area contributed by atoms with Gasteiger partial charge in [-0.1, -0.05) is 24.3 Å². The Labute approximate surface area is 97.6 Å². The van der Waals surface area contributed by atoms with Crippen LogP contribution >= 0.6 is 0 Å². The molecule has 87 valence electrons. The van der Waals surface area contributed by atoms with Crippen LogP contribution in [0.3, 0.4) is 0 Å². The zero-order chi connectivity index (χ0) is 12.2. The number of esters is 1. The first-order valence-electron chi connectivity index (χ1n) is 5.45. The largest absolute Gasteiger partial charge is 0.469 e. The van der Waals surface area contributed by atoms with Crippen molar-refractivity contribution in [3.05, 3.63) is 42.3 Å². The summed E-state index contributed by atoms with van der Waals surface area (Å²) in [5, 5.41) is 0. The van der Waals surface area contributed by atoms with E-state index in [2.05, 4.69) is 19.1 Å². The Kier molecular flexibility index (Phi) is 4.11. The molecule has 0 heterocycles. The van der Waals surface area contributed by atoms with Crippen molar-refractivity contribution in [3.63, 3.8) is 0 Å². The summed E-state index contributed by atoms with van der Waals surface area (Å²) in [5.74, 6) is -0.172. The highest BCUT2D eigenvalue weighted by Gasteiger charge is 2.28. The van der Waals surface area contributed by atoms with Crippen molar-refractivity contribution >= 4 is 5.97 Å². The summed E-state index contributed by atoms with van der Waals surface area (Å²) in [6.07, 6.45) is 1.48. The number of rotatable bonds is 4. The molecule has 0 aromatic heterocycles. The number of methoxy groups -OCH3 is 1. The minimum Gasteiger partial charge on any atom is -0.469 e. The number of benzene rings is 1. The van der Waals surface area contributed by atoms with Crippen molar-refractivity contribution in [2.24, 2.45) is 5.41 Å². The van der Waals surface area contributed by atoms with Gasteiger partial charge in [-0.3, -0.25) is 4.79 Å². The molecule has 0 spiro atoms. The molecule has 1 rings (SSSR count). The van der Waals surface area contributed by atoms with Crippen LogP contribution in [0.25, 0.3) is 0 Å². The highest BCUT2D eigenvalue weighted by molar-refractivity contribution is 5.76. The third-order valence-electron chi connectivity index (χ3n) is 2.70. The van der Waals surface area contributed by atoms with E-state index >= 15 is 0 Å². The number of carbonyl (C=O) groups excluding carboxylic acids is 1. The average Bonchev–Trinajstić information content (AvgIpc) is 2.28. The SMILES string of the molecule is [CH2]Cc1ccc(CC(C)(C)C(=O)OC)cc1. The van der Waals surface area contributed by atoms with Crippen LogP contribution in [0.15, 0.2) is 24.3 Å². The van der Waals surface area contributed by atoms with E-state index in [1.807, 2.05) is 26.0 Å². The zero-order valence-electron chi connectivity index (χ0n) is 10.2. The second kappa shape index (κ2) is 5.15. The Morgan fingerprint density at radius 2 is 1.75 bits per heavy atom. The maximum Gasteiger partial charge on any atom is 0.311 e. The van der Waals surface area contributed by atoms with Crippen molar-refractivity contribution < 1.29 is 9.53 Å². The standard InChI is InChI=1S/C14H19O2/c1-5-11-6-8-12(9-7-11)10-14(2,3)13(15)16-4/h6-9H,1,5,10H2,2-4H3. The Hall–Kier alpha value is -1.31. The van der Waals surface area contributed by atoms with Gasteiger partial charge in [0.25, 0.3) is 0 Å². The minimum atomic E-state index is -0.471. The van der Waals surface area contributed by atoms with E-state index in [-0.39, 0.29) is 5.97 Å². The van der Waals surface area contributed by atoms with Gasteiger partial charge in [0.05, 0.1) is 12.5 Å². The van der Waals surface area contributed by atoms with Gasteiger partial charge < -0.3 is 4.74 Å². The van der Waals surface area contributed by atoms with E-state index in [1.54, 1.807) is 0 Å². The molecule has 0 saturated carbocycles. The molecule has 0 fully saturated rings. The first-order chi connectivity index (χ1) is 7.49. The molecule has 0 saturated heterocycles. The third kappa shape index (κ3) is 3.09. The van der Waals surface area contributed by atoms with Crippen molar-refractivity contribution in [2.45, 2.75) is 26.7 Å². The third-order valence-corrected chi connectivity index (χ3v) is 2.70. The lowest BCUT2D eigenvalue weighted by Crippen LogP contribution is -2.27. The summed E-state index contributed by atoms with van der Waals surface area (Å²) in [6, 6.07) is 8.20. The summed E-state index contributed by atoms with van der Waals surface area (Å²) < 4.78 is 4.78. The van der Waals surface area contributed by atoms with Crippen molar-refractivity contribution in [1.82, 2.24) is 0 Å². The fourth-order valence-corrected chi connectivity index (χ4v) is 1.68. The molecule has 2 heteroatoms. The van der Waals surface area contributed by atoms with Crippen LogP contribution in [0, 0.1) is 12.3 Å². The molecule has 0 aliphatic heterocycles. The molecule has 0 bridgehead atoms. The van der Waals surface area contributed by atoms with Gasteiger partial charge in [-0.25, -0.2) is 0 Å². The van der Waals surface area contributed by atoms with Crippen LogP contribution in [0.5, 0.6) is 0 Å². The van der Waals surface area contributed by atoms with Crippen LogP contribution in [0.4, 0.5) is 0 Å². The molecule has 0 unspecified atom stereocenters. The van der Waals surface area contributed by atoms with E-state index in [0.717, 1.165) is 12.0 Å². The lowest BCUT2D eigenvalue weighted by molar-refractivity contribution is -0.150. The molecule has 0 aliphatic carbocycles. The Morgan fingerprint density at radius 1 is 1.25 bits per heavy atom. The lowest BCUT2D eigenvalue weighted by atomic mass is 9.85. The average molecular weight is 219 g/mol. The summed E-state index contributed by atoms with van der Waals surface area (Å²) >= 11 is 0. The van der Waals surface area contributed by atoms with Crippen LogP contribution in [0.2, 0.25) is 0 Å². The molecule has 0 aliphatic rings. The van der Waals surface area contributed by atoms with Crippen molar-refractivity contribution in [1.29, 1.82) is 0 Å². The van der Waals surface area contributed by atoms with E-state index in [9.17, 15) is 4.79 Å². The maximum absolute atomic E-state index is 11.5. The Balaban J connectivity index is 2.76. The smallest absolute Gasteiger partial charge is 0.311 e. The van der Waals surface area contributed by atoms with Gasteiger partial charge in [-0.05, 0) is 44.7 Å². The number of carbonyl (C=O) groups is 1. The predicted octanol–water partition coefficient (Wildman–Crippen LogP) is 2.80. The maximum atomic E-state index is 11.5. The molecule has 16 heavy (non-hydrogen) atoms. The lowest BCUT2D eigenvalue weighted by Gasteiger charge is -2.21. The topological polar surface area (TPSA) is 26.3 Å². The monoisotopic (exact) mass is 219 g/mol. The van der Waals surface area contributed by atoms with Gasteiger partial charge >= 0.3 is 5.97 Å².